The van der Waals surface area contributed by atoms with Gasteiger partial charge in [-0.3, -0.25) is 4.90 Å². The quantitative estimate of drug-likeness (QED) is 0.681. The molecule has 2 heterocycles. The summed E-state index contributed by atoms with van der Waals surface area (Å²) in [5, 5.41) is 12.7. The van der Waals surface area contributed by atoms with Crippen LogP contribution in [-0.2, 0) is 0 Å². The molecule has 2 saturated heterocycles. The average Bonchev–Trinajstić information content (AvgIpc) is 2.52. The van der Waals surface area contributed by atoms with Crippen LogP contribution in [-0.4, -0.2) is 48.3 Å². The molecule has 0 aliphatic carbocycles. The molecule has 0 aromatic rings. The Kier molecular flexibility index (Phi) is 3.79. The fraction of sp³-hybridized carbons (Fsp3) is 1.00. The summed E-state index contributed by atoms with van der Waals surface area (Å²) in [6, 6.07) is 1.18. The van der Waals surface area contributed by atoms with Crippen LogP contribution in [0.1, 0.15) is 32.1 Å². The van der Waals surface area contributed by atoms with Gasteiger partial charge in [0, 0.05) is 12.1 Å². The lowest BCUT2D eigenvalue weighted by atomic mass is 10.1. The molecule has 0 aromatic carbocycles. The van der Waals surface area contributed by atoms with E-state index in [0.29, 0.717) is 12.6 Å². The van der Waals surface area contributed by atoms with Crippen LogP contribution in [0.5, 0.6) is 0 Å². The van der Waals surface area contributed by atoms with Gasteiger partial charge in [0.05, 0.1) is 6.61 Å². The summed E-state index contributed by atoms with van der Waals surface area (Å²) >= 11 is 0. The van der Waals surface area contributed by atoms with Crippen molar-refractivity contribution in [2.75, 3.05) is 26.2 Å². The van der Waals surface area contributed by atoms with Crippen molar-refractivity contribution in [1.82, 2.24) is 10.2 Å². The number of rotatable bonds is 2. The first-order valence-electron chi connectivity index (χ1n) is 5.99. The van der Waals surface area contributed by atoms with Gasteiger partial charge in [-0.25, -0.2) is 0 Å². The van der Waals surface area contributed by atoms with Gasteiger partial charge in [-0.1, -0.05) is 0 Å². The average molecular weight is 198 g/mol. The van der Waals surface area contributed by atoms with E-state index in [2.05, 4.69) is 10.2 Å². The van der Waals surface area contributed by atoms with Crippen LogP contribution in [0.2, 0.25) is 0 Å². The summed E-state index contributed by atoms with van der Waals surface area (Å²) in [4.78, 5) is 2.55. The molecule has 0 amide bonds. The Hall–Kier alpha value is -0.120. The summed E-state index contributed by atoms with van der Waals surface area (Å²) in [6.07, 6.45) is 6.33. The minimum Gasteiger partial charge on any atom is -0.395 e. The fourth-order valence-corrected chi connectivity index (χ4v) is 2.87. The fourth-order valence-electron chi connectivity index (χ4n) is 2.87. The molecule has 2 N–H and O–H groups in total. The minimum absolute atomic E-state index is 0.351. The summed E-state index contributed by atoms with van der Waals surface area (Å²) < 4.78 is 0. The Bertz CT molecular complexity index is 167. The highest BCUT2D eigenvalue weighted by molar-refractivity contribution is 4.85. The van der Waals surface area contributed by atoms with Crippen LogP contribution in [0.3, 0.4) is 0 Å². The molecule has 3 heteroatoms. The van der Waals surface area contributed by atoms with E-state index >= 15 is 0 Å². The third kappa shape index (κ3) is 2.27. The summed E-state index contributed by atoms with van der Waals surface area (Å²) in [5.74, 6) is 0. The topological polar surface area (TPSA) is 35.5 Å². The van der Waals surface area contributed by atoms with E-state index in [1.807, 2.05) is 0 Å². The summed E-state index contributed by atoms with van der Waals surface area (Å²) in [5.41, 5.74) is 0. The molecule has 0 bridgehead atoms. The Morgan fingerprint density at radius 2 is 2.07 bits per heavy atom. The standard InChI is InChI=1S/C11H22N2O/c14-9-11-4-2-8-13(11)10-3-1-6-12-7-5-10/h10-12,14H,1-9H2/t10?,11-/m1/s1. The van der Waals surface area contributed by atoms with Crippen LogP contribution < -0.4 is 5.32 Å². The third-order valence-electron chi connectivity index (χ3n) is 3.65. The maximum Gasteiger partial charge on any atom is 0.0586 e. The van der Waals surface area contributed by atoms with E-state index in [4.69, 9.17) is 0 Å². The molecule has 0 aromatic heterocycles. The SMILES string of the molecule is OC[C@H]1CCCN1C1CCCNCC1. The summed E-state index contributed by atoms with van der Waals surface area (Å²) in [7, 11) is 0. The second kappa shape index (κ2) is 5.10. The normalized spacial score (nSPS) is 35.8. The molecule has 82 valence electrons. The molecule has 0 radical (unpaired) electrons. The molecule has 2 aliphatic rings. The van der Waals surface area contributed by atoms with Crippen LogP contribution in [0.25, 0.3) is 0 Å². The molecule has 2 fully saturated rings. The predicted octanol–water partition coefficient (Wildman–Crippen LogP) is 0.585. The Labute approximate surface area is 86.5 Å². The Morgan fingerprint density at radius 3 is 2.93 bits per heavy atom. The van der Waals surface area contributed by atoms with Gasteiger partial charge in [0.25, 0.3) is 0 Å². The predicted molar refractivity (Wildman–Crippen MR) is 57.3 cm³/mol. The Balaban J connectivity index is 1.91. The zero-order valence-electron chi connectivity index (χ0n) is 8.91. The van der Waals surface area contributed by atoms with Crippen molar-refractivity contribution >= 4 is 0 Å². The van der Waals surface area contributed by atoms with E-state index in [0.717, 1.165) is 12.6 Å². The third-order valence-corrected chi connectivity index (χ3v) is 3.65. The highest BCUT2D eigenvalue weighted by Gasteiger charge is 2.29. The van der Waals surface area contributed by atoms with Gasteiger partial charge in [-0.2, -0.15) is 0 Å². The molecule has 0 saturated carbocycles. The molecule has 14 heavy (non-hydrogen) atoms. The lowest BCUT2D eigenvalue weighted by molar-refractivity contribution is 0.112. The van der Waals surface area contributed by atoms with Crippen molar-refractivity contribution in [1.29, 1.82) is 0 Å². The number of likely N-dealkylation sites (tertiary alicyclic amines) is 1. The largest absolute Gasteiger partial charge is 0.395 e. The number of aliphatic hydroxyl groups excluding tert-OH is 1. The van der Waals surface area contributed by atoms with Crippen LogP contribution in [0.4, 0.5) is 0 Å². The first kappa shape index (κ1) is 10.4. The van der Waals surface area contributed by atoms with Crippen LogP contribution in [0, 0.1) is 0 Å². The molecule has 2 aliphatic heterocycles. The first-order valence-corrected chi connectivity index (χ1v) is 5.99. The molecule has 2 rings (SSSR count). The monoisotopic (exact) mass is 198 g/mol. The zero-order chi connectivity index (χ0) is 9.80. The highest BCUT2D eigenvalue weighted by Crippen LogP contribution is 2.24. The first-order chi connectivity index (χ1) is 6.92. The molecular formula is C11H22N2O. The van der Waals surface area contributed by atoms with Gasteiger partial charge in [0.15, 0.2) is 0 Å². The van der Waals surface area contributed by atoms with Gasteiger partial charge in [-0.15, -0.1) is 0 Å². The second-order valence-electron chi connectivity index (χ2n) is 4.55. The van der Waals surface area contributed by atoms with Gasteiger partial charge >= 0.3 is 0 Å². The number of nitrogens with zero attached hydrogens (tertiary/aromatic N) is 1. The maximum absolute atomic E-state index is 9.28. The van der Waals surface area contributed by atoms with Crippen molar-refractivity contribution < 1.29 is 5.11 Å². The summed E-state index contributed by atoms with van der Waals surface area (Å²) in [6.45, 7) is 3.88. The van der Waals surface area contributed by atoms with E-state index < -0.39 is 0 Å². The van der Waals surface area contributed by atoms with Crippen molar-refractivity contribution in [3.8, 4) is 0 Å². The molecule has 0 spiro atoms. The van der Waals surface area contributed by atoms with Gasteiger partial charge < -0.3 is 10.4 Å². The number of aliphatic hydroxyl groups is 1. The van der Waals surface area contributed by atoms with Gasteiger partial charge in [0.2, 0.25) is 0 Å². The van der Waals surface area contributed by atoms with Crippen molar-refractivity contribution in [2.45, 2.75) is 44.2 Å². The van der Waals surface area contributed by atoms with Crippen LogP contribution in [0.15, 0.2) is 0 Å². The molecule has 1 unspecified atom stereocenters. The lowest BCUT2D eigenvalue weighted by Crippen LogP contribution is -2.41. The number of hydrogen-bond acceptors (Lipinski definition) is 3. The van der Waals surface area contributed by atoms with E-state index in [-0.39, 0.29) is 0 Å². The van der Waals surface area contributed by atoms with Gasteiger partial charge in [0.1, 0.15) is 0 Å². The van der Waals surface area contributed by atoms with E-state index in [9.17, 15) is 5.11 Å². The van der Waals surface area contributed by atoms with E-state index in [1.54, 1.807) is 0 Å². The smallest absolute Gasteiger partial charge is 0.0586 e. The van der Waals surface area contributed by atoms with Crippen LogP contribution >= 0.6 is 0 Å². The lowest BCUT2D eigenvalue weighted by Gasteiger charge is -2.31. The maximum atomic E-state index is 9.28. The second-order valence-corrected chi connectivity index (χ2v) is 4.55. The minimum atomic E-state index is 0.351. The van der Waals surface area contributed by atoms with E-state index in [1.165, 1.54) is 45.2 Å². The van der Waals surface area contributed by atoms with Gasteiger partial charge in [-0.05, 0) is 51.7 Å². The zero-order valence-corrected chi connectivity index (χ0v) is 8.91. The molecular weight excluding hydrogens is 176 g/mol. The van der Waals surface area contributed by atoms with Crippen molar-refractivity contribution in [3.63, 3.8) is 0 Å². The Morgan fingerprint density at radius 1 is 1.14 bits per heavy atom. The number of nitrogens with one attached hydrogen (secondary N) is 1. The van der Waals surface area contributed by atoms with Crippen molar-refractivity contribution in [3.05, 3.63) is 0 Å². The molecule has 2 atom stereocenters. The number of hydrogen-bond donors (Lipinski definition) is 2. The molecule has 3 nitrogen and oxygen atoms in total. The highest BCUT2D eigenvalue weighted by atomic mass is 16.3. The van der Waals surface area contributed by atoms with Crippen molar-refractivity contribution in [2.24, 2.45) is 0 Å².